The molecule has 0 fully saturated rings. The topological polar surface area (TPSA) is 17.1 Å². The zero-order chi connectivity index (χ0) is 16.1. The van der Waals surface area contributed by atoms with Crippen LogP contribution < -0.4 is 28.3 Å². The second-order valence-electron chi connectivity index (χ2n) is 5.68. The molecule has 0 amide bonds. The van der Waals surface area contributed by atoms with E-state index in [0.717, 1.165) is 0 Å². The second-order valence-corrected chi connectivity index (χ2v) is 9.16. The zero-order valence-corrected chi connectivity index (χ0v) is 15.3. The summed E-state index contributed by atoms with van der Waals surface area (Å²) in [5, 5.41) is 3.77. The fourth-order valence-corrected chi connectivity index (χ4v) is 7.26. The third kappa shape index (κ3) is 3.59. The van der Waals surface area contributed by atoms with E-state index in [2.05, 4.69) is 72.8 Å². The molecular formula is C21H20ClOP. The van der Waals surface area contributed by atoms with Crippen LogP contribution in [0.5, 0.6) is 0 Å². The molecule has 0 bridgehead atoms. The van der Waals surface area contributed by atoms with Gasteiger partial charge in [0.15, 0.2) is 5.78 Å². The van der Waals surface area contributed by atoms with Crippen LogP contribution >= 0.6 is 7.26 Å². The van der Waals surface area contributed by atoms with Crippen molar-refractivity contribution in [2.24, 2.45) is 0 Å². The van der Waals surface area contributed by atoms with Gasteiger partial charge in [0.05, 0.1) is 0 Å². The Bertz CT molecular complexity index is 676. The lowest BCUT2D eigenvalue weighted by Crippen LogP contribution is -3.00. The average Bonchev–Trinajstić information content (AvgIpc) is 2.62. The Morgan fingerprint density at radius 1 is 0.667 bits per heavy atom. The molecule has 0 aromatic heterocycles. The largest absolute Gasteiger partial charge is 1.00 e. The van der Waals surface area contributed by atoms with E-state index in [1.807, 2.05) is 18.2 Å². The molecule has 3 aromatic carbocycles. The van der Waals surface area contributed by atoms with E-state index in [1.165, 1.54) is 15.9 Å². The van der Waals surface area contributed by atoms with Crippen LogP contribution in [0.25, 0.3) is 0 Å². The van der Waals surface area contributed by atoms with Gasteiger partial charge in [-0.15, -0.1) is 0 Å². The molecule has 122 valence electrons. The SMILES string of the molecule is CC(=O)C[P+](c1ccccc1)(c1ccccc1)c1ccccc1.[Cl-]. The number of ketones is 1. The highest BCUT2D eigenvalue weighted by Crippen LogP contribution is 2.55. The molecule has 3 aromatic rings. The van der Waals surface area contributed by atoms with Crippen molar-refractivity contribution in [1.82, 2.24) is 0 Å². The molecule has 0 aliphatic heterocycles. The Labute approximate surface area is 150 Å². The average molecular weight is 355 g/mol. The Morgan fingerprint density at radius 2 is 0.958 bits per heavy atom. The van der Waals surface area contributed by atoms with Crippen LogP contribution in [0.15, 0.2) is 91.0 Å². The Hall–Kier alpha value is -1.95. The maximum Gasteiger partial charge on any atom is 0.168 e. The third-order valence-corrected chi connectivity index (χ3v) is 8.51. The fourth-order valence-electron chi connectivity index (χ4n) is 3.10. The van der Waals surface area contributed by atoms with Gasteiger partial charge in [-0.2, -0.15) is 0 Å². The van der Waals surface area contributed by atoms with Crippen LogP contribution in [0.4, 0.5) is 0 Å². The minimum Gasteiger partial charge on any atom is -1.00 e. The lowest BCUT2D eigenvalue weighted by molar-refractivity contribution is -0.114. The van der Waals surface area contributed by atoms with E-state index < -0.39 is 7.26 Å². The predicted octanol–water partition coefficient (Wildman–Crippen LogP) is 0.573. The Balaban J connectivity index is 0.00000208. The minimum absolute atomic E-state index is 0. The van der Waals surface area contributed by atoms with Gasteiger partial charge < -0.3 is 12.4 Å². The van der Waals surface area contributed by atoms with Gasteiger partial charge in [-0.05, 0) is 43.3 Å². The standard InChI is InChI=1S/C21H20OP.ClH/c1-18(22)17-23(19-11-5-2-6-12-19,20-13-7-3-8-14-20)21-15-9-4-10-16-21;/h2-16H,17H2,1H3;1H/q+1;/p-1. The van der Waals surface area contributed by atoms with Crippen LogP contribution in [0, 0.1) is 0 Å². The van der Waals surface area contributed by atoms with E-state index >= 15 is 0 Å². The fraction of sp³-hybridized carbons (Fsp3) is 0.0952. The van der Waals surface area contributed by atoms with Crippen LogP contribution in [0.3, 0.4) is 0 Å². The molecule has 1 nitrogen and oxygen atoms in total. The van der Waals surface area contributed by atoms with Crippen molar-refractivity contribution in [1.29, 1.82) is 0 Å². The number of Topliss-reactive ketones (excluding diaryl/α,β-unsaturated/α-hetero) is 1. The number of hydrogen-bond acceptors (Lipinski definition) is 1. The maximum absolute atomic E-state index is 12.2. The first-order valence-corrected chi connectivity index (χ1v) is 9.75. The van der Waals surface area contributed by atoms with Crippen molar-refractivity contribution in [3.8, 4) is 0 Å². The highest BCUT2D eigenvalue weighted by Gasteiger charge is 2.46. The smallest absolute Gasteiger partial charge is 0.168 e. The lowest BCUT2D eigenvalue weighted by Gasteiger charge is -2.26. The van der Waals surface area contributed by atoms with E-state index in [4.69, 9.17) is 0 Å². The van der Waals surface area contributed by atoms with Gasteiger partial charge >= 0.3 is 0 Å². The summed E-state index contributed by atoms with van der Waals surface area (Å²) in [6, 6.07) is 31.5. The summed E-state index contributed by atoms with van der Waals surface area (Å²) in [5.74, 6) is 0.231. The van der Waals surface area contributed by atoms with Gasteiger partial charge in [-0.25, -0.2) is 0 Å². The maximum atomic E-state index is 12.2. The van der Waals surface area contributed by atoms with Crippen LogP contribution in [-0.2, 0) is 4.79 Å². The number of benzene rings is 3. The van der Waals surface area contributed by atoms with E-state index in [1.54, 1.807) is 6.92 Å². The van der Waals surface area contributed by atoms with Crippen LogP contribution in [0.2, 0.25) is 0 Å². The highest BCUT2D eigenvalue weighted by molar-refractivity contribution is 7.96. The molecule has 0 atom stereocenters. The third-order valence-electron chi connectivity index (χ3n) is 4.05. The number of hydrogen-bond donors (Lipinski definition) is 0. The number of halogens is 1. The zero-order valence-electron chi connectivity index (χ0n) is 13.6. The van der Waals surface area contributed by atoms with E-state index in [0.29, 0.717) is 6.16 Å². The quantitative estimate of drug-likeness (QED) is 0.612. The molecule has 0 radical (unpaired) electrons. The van der Waals surface area contributed by atoms with Crippen molar-refractivity contribution < 1.29 is 17.2 Å². The van der Waals surface area contributed by atoms with Crippen molar-refractivity contribution in [2.45, 2.75) is 6.92 Å². The Morgan fingerprint density at radius 3 is 1.21 bits per heavy atom. The van der Waals surface area contributed by atoms with Crippen molar-refractivity contribution in [3.05, 3.63) is 91.0 Å². The Kier molecular flexibility index (Phi) is 6.31. The summed E-state index contributed by atoms with van der Waals surface area (Å²) in [4.78, 5) is 12.2. The van der Waals surface area contributed by atoms with Gasteiger partial charge in [0.1, 0.15) is 29.3 Å². The number of carbonyl (C=O) groups excluding carboxylic acids is 1. The summed E-state index contributed by atoms with van der Waals surface area (Å²) < 4.78 is 0. The monoisotopic (exact) mass is 354 g/mol. The molecule has 0 heterocycles. The first kappa shape index (κ1) is 18.4. The van der Waals surface area contributed by atoms with Crippen molar-refractivity contribution >= 4 is 29.0 Å². The van der Waals surface area contributed by atoms with Gasteiger partial charge in [-0.3, -0.25) is 4.79 Å². The molecule has 0 aliphatic rings. The van der Waals surface area contributed by atoms with Gasteiger partial charge in [0.25, 0.3) is 0 Å². The summed E-state index contributed by atoms with van der Waals surface area (Å²) in [6.07, 6.45) is 0.561. The predicted molar refractivity (Wildman–Crippen MR) is 101 cm³/mol. The van der Waals surface area contributed by atoms with Crippen molar-refractivity contribution in [2.75, 3.05) is 6.16 Å². The molecule has 24 heavy (non-hydrogen) atoms. The van der Waals surface area contributed by atoms with Crippen LogP contribution in [0.1, 0.15) is 6.92 Å². The molecule has 0 spiro atoms. The molecule has 0 saturated carbocycles. The lowest BCUT2D eigenvalue weighted by atomic mass is 10.4. The second kappa shape index (κ2) is 8.24. The first-order valence-electron chi connectivity index (χ1n) is 7.78. The van der Waals surface area contributed by atoms with Crippen LogP contribution in [-0.4, -0.2) is 11.9 Å². The number of carbonyl (C=O) groups is 1. The van der Waals surface area contributed by atoms with Crippen molar-refractivity contribution in [3.63, 3.8) is 0 Å². The van der Waals surface area contributed by atoms with E-state index in [-0.39, 0.29) is 18.2 Å². The number of rotatable bonds is 5. The summed E-state index contributed by atoms with van der Waals surface area (Å²) >= 11 is 0. The van der Waals surface area contributed by atoms with Gasteiger partial charge in [0, 0.05) is 0 Å². The van der Waals surface area contributed by atoms with Gasteiger partial charge in [-0.1, -0.05) is 54.6 Å². The van der Waals surface area contributed by atoms with E-state index in [9.17, 15) is 4.79 Å². The molecule has 0 N–H and O–H groups in total. The first-order chi connectivity index (χ1) is 11.2. The molecule has 0 aliphatic carbocycles. The summed E-state index contributed by atoms with van der Waals surface area (Å²) in [5.41, 5.74) is 0. The summed E-state index contributed by atoms with van der Waals surface area (Å²) in [7, 11) is -1.96. The van der Waals surface area contributed by atoms with Gasteiger partial charge in [0.2, 0.25) is 0 Å². The molecule has 0 unspecified atom stereocenters. The molecular weight excluding hydrogens is 335 g/mol. The normalized spacial score (nSPS) is 10.7. The summed E-state index contributed by atoms with van der Waals surface area (Å²) in [6.45, 7) is 1.70. The molecule has 0 saturated heterocycles. The highest BCUT2D eigenvalue weighted by atomic mass is 35.5. The minimum atomic E-state index is -1.96. The molecule has 3 rings (SSSR count). The molecule has 3 heteroatoms.